The van der Waals surface area contributed by atoms with Crippen molar-refractivity contribution in [2.75, 3.05) is 19.5 Å². The molecule has 0 heterocycles. The van der Waals surface area contributed by atoms with Gasteiger partial charge in [0.05, 0.1) is 19.1 Å². The summed E-state index contributed by atoms with van der Waals surface area (Å²) in [5.41, 5.74) is 0.457. The summed E-state index contributed by atoms with van der Waals surface area (Å²) in [6, 6.07) is 9.63. The molecule has 28 heavy (non-hydrogen) atoms. The Morgan fingerprint density at radius 3 is 2.14 bits per heavy atom. The monoisotopic (exact) mass is 426 g/mol. The minimum absolute atomic E-state index is 0.0291. The van der Waals surface area contributed by atoms with Crippen molar-refractivity contribution in [1.29, 1.82) is 0 Å². The van der Waals surface area contributed by atoms with E-state index in [9.17, 15) is 13.2 Å². The molecule has 0 radical (unpaired) electrons. The van der Waals surface area contributed by atoms with Gasteiger partial charge in [0, 0.05) is 16.8 Å². The summed E-state index contributed by atoms with van der Waals surface area (Å²) in [4.78, 5) is 12.8. The molecule has 0 saturated carbocycles. The minimum Gasteiger partial charge on any atom is -0.493 e. The number of sulfonamides is 1. The summed E-state index contributed by atoms with van der Waals surface area (Å²) >= 11 is 5.81. The number of halogens is 1. The molecule has 2 aromatic rings. The molecule has 1 amide bonds. The third-order valence-corrected chi connectivity index (χ3v) is 5.72. The fourth-order valence-corrected chi connectivity index (χ4v) is 3.95. The third kappa shape index (κ3) is 5.37. The Hall–Kier alpha value is -2.29. The summed E-state index contributed by atoms with van der Waals surface area (Å²) in [5, 5.41) is 3.13. The molecule has 0 aliphatic rings. The van der Waals surface area contributed by atoms with Crippen molar-refractivity contribution in [2.24, 2.45) is 5.92 Å². The number of carbonyl (C=O) groups excluding carboxylic acids is 1. The second-order valence-electron chi connectivity index (χ2n) is 6.36. The SMILES string of the molecule is COc1ccc(NC(=O)C(NS(=O)(=O)c2ccc(Cl)cc2)C(C)C)cc1OC. The molecule has 0 aliphatic heterocycles. The summed E-state index contributed by atoms with van der Waals surface area (Å²) in [6.07, 6.45) is 0. The highest BCUT2D eigenvalue weighted by Gasteiger charge is 2.28. The molecule has 0 spiro atoms. The van der Waals surface area contributed by atoms with E-state index in [0.717, 1.165) is 0 Å². The quantitative estimate of drug-likeness (QED) is 0.675. The van der Waals surface area contributed by atoms with Crippen LogP contribution in [0.15, 0.2) is 47.4 Å². The zero-order chi connectivity index (χ0) is 20.9. The highest BCUT2D eigenvalue weighted by molar-refractivity contribution is 7.89. The fraction of sp³-hybridized carbons (Fsp3) is 0.316. The van der Waals surface area contributed by atoms with E-state index in [4.69, 9.17) is 21.1 Å². The second kappa shape index (κ2) is 9.27. The largest absolute Gasteiger partial charge is 0.493 e. The molecule has 2 N–H and O–H groups in total. The first-order valence-electron chi connectivity index (χ1n) is 8.48. The van der Waals surface area contributed by atoms with E-state index >= 15 is 0 Å². The normalized spacial score (nSPS) is 12.5. The second-order valence-corrected chi connectivity index (χ2v) is 8.51. The smallest absolute Gasteiger partial charge is 0.242 e. The van der Waals surface area contributed by atoms with E-state index in [-0.39, 0.29) is 10.8 Å². The van der Waals surface area contributed by atoms with Gasteiger partial charge in [-0.3, -0.25) is 4.79 Å². The van der Waals surface area contributed by atoms with Crippen LogP contribution in [0.1, 0.15) is 13.8 Å². The zero-order valence-electron chi connectivity index (χ0n) is 16.0. The van der Waals surface area contributed by atoms with Crippen LogP contribution < -0.4 is 19.5 Å². The van der Waals surface area contributed by atoms with E-state index in [1.165, 1.54) is 38.5 Å². The van der Waals surface area contributed by atoms with Crippen LogP contribution in [0.3, 0.4) is 0 Å². The number of methoxy groups -OCH3 is 2. The van der Waals surface area contributed by atoms with Crippen LogP contribution in [0, 0.1) is 5.92 Å². The molecular formula is C19H23ClN2O5S. The Balaban J connectivity index is 2.21. The number of carbonyl (C=O) groups is 1. The van der Waals surface area contributed by atoms with Gasteiger partial charge in [-0.25, -0.2) is 8.42 Å². The van der Waals surface area contributed by atoms with E-state index in [0.29, 0.717) is 22.2 Å². The Labute approximate surface area is 170 Å². The van der Waals surface area contributed by atoms with Crippen LogP contribution in [0.25, 0.3) is 0 Å². The predicted molar refractivity (Wildman–Crippen MR) is 109 cm³/mol. The number of nitrogens with one attached hydrogen (secondary N) is 2. The number of benzene rings is 2. The number of hydrogen-bond donors (Lipinski definition) is 2. The average molecular weight is 427 g/mol. The van der Waals surface area contributed by atoms with E-state index < -0.39 is 22.0 Å². The van der Waals surface area contributed by atoms with Crippen LogP contribution in [-0.4, -0.2) is 34.6 Å². The van der Waals surface area contributed by atoms with Crippen molar-refractivity contribution < 1.29 is 22.7 Å². The molecule has 2 aromatic carbocycles. The lowest BCUT2D eigenvalue weighted by molar-refractivity contribution is -0.118. The topological polar surface area (TPSA) is 93.7 Å². The van der Waals surface area contributed by atoms with Crippen LogP contribution >= 0.6 is 11.6 Å². The van der Waals surface area contributed by atoms with Crippen molar-refractivity contribution in [2.45, 2.75) is 24.8 Å². The molecule has 0 bridgehead atoms. The predicted octanol–water partition coefficient (Wildman–Crippen LogP) is 3.30. The van der Waals surface area contributed by atoms with E-state index in [2.05, 4.69) is 10.0 Å². The molecule has 9 heteroatoms. The molecule has 0 saturated heterocycles. The number of anilines is 1. The highest BCUT2D eigenvalue weighted by Crippen LogP contribution is 2.30. The van der Waals surface area contributed by atoms with Crippen LogP contribution in [0.5, 0.6) is 11.5 Å². The number of ether oxygens (including phenoxy) is 2. The van der Waals surface area contributed by atoms with Crippen molar-refractivity contribution >= 4 is 33.2 Å². The maximum Gasteiger partial charge on any atom is 0.242 e. The summed E-state index contributed by atoms with van der Waals surface area (Å²) in [7, 11) is -0.899. The van der Waals surface area contributed by atoms with Crippen molar-refractivity contribution in [1.82, 2.24) is 4.72 Å². The molecule has 152 valence electrons. The standard InChI is InChI=1S/C19H23ClN2O5S/c1-12(2)18(22-28(24,25)15-8-5-13(20)6-9-15)19(23)21-14-7-10-16(26-3)17(11-14)27-4/h5-12,18,22H,1-4H3,(H,21,23). The lowest BCUT2D eigenvalue weighted by Crippen LogP contribution is -2.47. The van der Waals surface area contributed by atoms with Gasteiger partial charge in [-0.1, -0.05) is 25.4 Å². The lowest BCUT2D eigenvalue weighted by Gasteiger charge is -2.22. The average Bonchev–Trinajstić information content (AvgIpc) is 2.66. The first-order chi connectivity index (χ1) is 13.2. The van der Waals surface area contributed by atoms with Gasteiger partial charge in [0.25, 0.3) is 0 Å². The molecule has 2 rings (SSSR count). The van der Waals surface area contributed by atoms with E-state index in [1.54, 1.807) is 32.0 Å². The third-order valence-electron chi connectivity index (χ3n) is 4.01. The van der Waals surface area contributed by atoms with Gasteiger partial charge in [0.15, 0.2) is 11.5 Å². The molecule has 0 fully saturated rings. The fourth-order valence-electron chi connectivity index (χ4n) is 2.48. The lowest BCUT2D eigenvalue weighted by atomic mass is 10.0. The molecule has 0 aliphatic carbocycles. The van der Waals surface area contributed by atoms with Gasteiger partial charge < -0.3 is 14.8 Å². The Bertz CT molecular complexity index is 930. The molecule has 0 aromatic heterocycles. The Morgan fingerprint density at radius 1 is 1.00 bits per heavy atom. The Morgan fingerprint density at radius 2 is 1.61 bits per heavy atom. The molecular weight excluding hydrogens is 404 g/mol. The van der Waals surface area contributed by atoms with Crippen LogP contribution in [-0.2, 0) is 14.8 Å². The zero-order valence-corrected chi connectivity index (χ0v) is 17.6. The first kappa shape index (κ1) is 22.0. The molecule has 1 unspecified atom stereocenters. The summed E-state index contributed by atoms with van der Waals surface area (Å²) in [6.45, 7) is 3.51. The van der Waals surface area contributed by atoms with Crippen LogP contribution in [0.2, 0.25) is 5.02 Å². The van der Waals surface area contributed by atoms with Crippen molar-refractivity contribution in [3.05, 3.63) is 47.5 Å². The van der Waals surface area contributed by atoms with Gasteiger partial charge in [-0.2, -0.15) is 4.72 Å². The molecule has 7 nitrogen and oxygen atoms in total. The van der Waals surface area contributed by atoms with Gasteiger partial charge in [0.1, 0.15) is 6.04 Å². The number of hydrogen-bond acceptors (Lipinski definition) is 5. The summed E-state index contributed by atoms with van der Waals surface area (Å²) in [5.74, 6) is 0.189. The van der Waals surface area contributed by atoms with Crippen molar-refractivity contribution in [3.8, 4) is 11.5 Å². The Kier molecular flexibility index (Phi) is 7.29. The number of rotatable bonds is 8. The van der Waals surface area contributed by atoms with Crippen LogP contribution in [0.4, 0.5) is 5.69 Å². The van der Waals surface area contributed by atoms with E-state index in [1.807, 2.05) is 0 Å². The maximum absolute atomic E-state index is 12.7. The first-order valence-corrected chi connectivity index (χ1v) is 10.3. The molecule has 1 atom stereocenters. The summed E-state index contributed by atoms with van der Waals surface area (Å²) < 4.78 is 38.1. The van der Waals surface area contributed by atoms with Crippen molar-refractivity contribution in [3.63, 3.8) is 0 Å². The van der Waals surface area contributed by atoms with Gasteiger partial charge in [-0.15, -0.1) is 0 Å². The maximum atomic E-state index is 12.7. The van der Waals surface area contributed by atoms with Gasteiger partial charge >= 0.3 is 0 Å². The highest BCUT2D eigenvalue weighted by atomic mass is 35.5. The van der Waals surface area contributed by atoms with Gasteiger partial charge in [0.2, 0.25) is 15.9 Å². The number of amides is 1. The minimum atomic E-state index is -3.90. The van der Waals surface area contributed by atoms with Gasteiger partial charge in [-0.05, 0) is 42.3 Å².